The summed E-state index contributed by atoms with van der Waals surface area (Å²) in [4.78, 5) is 21.4. The highest BCUT2D eigenvalue weighted by Crippen LogP contribution is 2.21. The number of nitrogens with zero attached hydrogens (tertiary/aromatic N) is 2. The summed E-state index contributed by atoms with van der Waals surface area (Å²) in [6, 6.07) is 24.1. The summed E-state index contributed by atoms with van der Waals surface area (Å²) in [6.45, 7) is 3.96. The standard InChI is InChI=1S/C25H22ClN5O/c1-16-3-9-22(10-4-16)30-25-27-17(2)15-23(31-25)28-20-11-13-21(14-12-20)29-24(32)18-5-7-19(26)8-6-18/h3-15H,1-2H3,(H,29,32)(H2,27,28,30,31). The molecule has 6 nitrogen and oxygen atoms in total. The van der Waals surface area contributed by atoms with Gasteiger partial charge in [0.2, 0.25) is 5.95 Å². The number of amides is 1. The van der Waals surface area contributed by atoms with Crippen molar-refractivity contribution in [2.75, 3.05) is 16.0 Å². The number of anilines is 5. The summed E-state index contributed by atoms with van der Waals surface area (Å²) in [5, 5.41) is 9.97. The molecule has 0 radical (unpaired) electrons. The minimum Gasteiger partial charge on any atom is -0.340 e. The maximum atomic E-state index is 12.4. The molecule has 160 valence electrons. The minimum atomic E-state index is -0.194. The van der Waals surface area contributed by atoms with E-state index in [-0.39, 0.29) is 5.91 Å². The molecule has 0 atom stereocenters. The van der Waals surface area contributed by atoms with Crippen molar-refractivity contribution in [2.45, 2.75) is 13.8 Å². The van der Waals surface area contributed by atoms with E-state index in [1.807, 2.05) is 68.4 Å². The number of benzene rings is 3. The average Bonchev–Trinajstić information content (AvgIpc) is 2.77. The number of hydrogen-bond donors (Lipinski definition) is 3. The van der Waals surface area contributed by atoms with Gasteiger partial charge in [0.05, 0.1) is 0 Å². The molecule has 0 spiro atoms. The second kappa shape index (κ2) is 9.49. The molecule has 0 aliphatic heterocycles. The third-order valence-electron chi connectivity index (χ3n) is 4.68. The maximum Gasteiger partial charge on any atom is 0.255 e. The Hall–Kier alpha value is -3.90. The van der Waals surface area contributed by atoms with Crippen LogP contribution in [0.4, 0.5) is 28.8 Å². The van der Waals surface area contributed by atoms with Crippen LogP contribution in [0.15, 0.2) is 78.9 Å². The van der Waals surface area contributed by atoms with E-state index in [1.165, 1.54) is 5.56 Å². The topological polar surface area (TPSA) is 78.9 Å². The molecule has 4 aromatic rings. The number of hydrogen-bond acceptors (Lipinski definition) is 5. The fourth-order valence-corrected chi connectivity index (χ4v) is 3.17. The zero-order valence-corrected chi connectivity index (χ0v) is 18.4. The second-order valence-electron chi connectivity index (χ2n) is 7.37. The highest BCUT2D eigenvalue weighted by molar-refractivity contribution is 6.30. The first kappa shape index (κ1) is 21.3. The van der Waals surface area contributed by atoms with Gasteiger partial charge in [-0.15, -0.1) is 0 Å². The molecular weight excluding hydrogens is 422 g/mol. The van der Waals surface area contributed by atoms with Crippen molar-refractivity contribution in [3.8, 4) is 0 Å². The van der Waals surface area contributed by atoms with Gasteiger partial charge in [-0.25, -0.2) is 4.98 Å². The highest BCUT2D eigenvalue weighted by Gasteiger charge is 2.07. The molecule has 0 aliphatic rings. The molecule has 4 rings (SSSR count). The van der Waals surface area contributed by atoms with Crippen molar-refractivity contribution in [3.05, 3.63) is 101 Å². The Bertz CT molecular complexity index is 1220. The van der Waals surface area contributed by atoms with E-state index in [4.69, 9.17) is 11.6 Å². The van der Waals surface area contributed by atoms with Gasteiger partial charge >= 0.3 is 0 Å². The lowest BCUT2D eigenvalue weighted by Gasteiger charge is -2.11. The number of carbonyl (C=O) groups is 1. The van der Waals surface area contributed by atoms with E-state index in [9.17, 15) is 4.79 Å². The van der Waals surface area contributed by atoms with E-state index in [0.29, 0.717) is 28.0 Å². The summed E-state index contributed by atoms with van der Waals surface area (Å²) in [5.74, 6) is 0.994. The van der Waals surface area contributed by atoms with Crippen LogP contribution in [0, 0.1) is 13.8 Å². The Morgan fingerprint density at radius 1 is 0.750 bits per heavy atom. The fourth-order valence-electron chi connectivity index (χ4n) is 3.04. The molecule has 1 aromatic heterocycles. The van der Waals surface area contributed by atoms with Gasteiger partial charge in [-0.3, -0.25) is 4.79 Å². The third kappa shape index (κ3) is 5.62. The van der Waals surface area contributed by atoms with Crippen molar-refractivity contribution < 1.29 is 4.79 Å². The summed E-state index contributed by atoms with van der Waals surface area (Å²) < 4.78 is 0. The molecule has 1 amide bonds. The normalized spacial score (nSPS) is 10.5. The summed E-state index contributed by atoms with van der Waals surface area (Å²) in [6.07, 6.45) is 0. The van der Waals surface area contributed by atoms with Gasteiger partial charge in [0.25, 0.3) is 5.91 Å². The van der Waals surface area contributed by atoms with Gasteiger partial charge in [0, 0.05) is 39.4 Å². The summed E-state index contributed by atoms with van der Waals surface area (Å²) in [5.41, 5.74) is 5.03. The number of carbonyl (C=O) groups excluding carboxylic acids is 1. The number of rotatable bonds is 6. The predicted octanol–water partition coefficient (Wildman–Crippen LogP) is 6.49. The van der Waals surface area contributed by atoms with Crippen molar-refractivity contribution >= 4 is 46.3 Å². The Kier molecular flexibility index (Phi) is 6.33. The van der Waals surface area contributed by atoms with E-state index < -0.39 is 0 Å². The van der Waals surface area contributed by atoms with Crippen LogP contribution in [0.3, 0.4) is 0 Å². The van der Waals surface area contributed by atoms with Gasteiger partial charge in [0.1, 0.15) is 5.82 Å². The molecule has 7 heteroatoms. The molecule has 3 N–H and O–H groups in total. The smallest absolute Gasteiger partial charge is 0.255 e. The van der Waals surface area contributed by atoms with E-state index in [2.05, 4.69) is 25.9 Å². The van der Waals surface area contributed by atoms with E-state index in [1.54, 1.807) is 24.3 Å². The van der Waals surface area contributed by atoms with Crippen molar-refractivity contribution in [1.82, 2.24) is 9.97 Å². The van der Waals surface area contributed by atoms with Crippen LogP contribution in [0.5, 0.6) is 0 Å². The highest BCUT2D eigenvalue weighted by atomic mass is 35.5. The first-order valence-corrected chi connectivity index (χ1v) is 10.5. The van der Waals surface area contributed by atoms with Crippen LogP contribution in [0.1, 0.15) is 21.6 Å². The molecule has 1 heterocycles. The van der Waals surface area contributed by atoms with Crippen LogP contribution < -0.4 is 16.0 Å². The third-order valence-corrected chi connectivity index (χ3v) is 4.94. The number of halogens is 1. The Morgan fingerprint density at radius 2 is 1.34 bits per heavy atom. The lowest BCUT2D eigenvalue weighted by atomic mass is 10.2. The molecule has 0 aliphatic carbocycles. The molecule has 0 saturated heterocycles. The van der Waals surface area contributed by atoms with Crippen LogP contribution in [0.25, 0.3) is 0 Å². The van der Waals surface area contributed by atoms with Gasteiger partial charge in [-0.1, -0.05) is 29.3 Å². The maximum absolute atomic E-state index is 12.4. The zero-order chi connectivity index (χ0) is 22.5. The summed E-state index contributed by atoms with van der Waals surface area (Å²) in [7, 11) is 0. The van der Waals surface area contributed by atoms with Gasteiger partial charge in [-0.05, 0) is 74.5 Å². The Balaban J connectivity index is 1.42. The van der Waals surface area contributed by atoms with Crippen molar-refractivity contribution in [3.63, 3.8) is 0 Å². The van der Waals surface area contributed by atoms with Gasteiger partial charge in [0.15, 0.2) is 0 Å². The molecule has 3 aromatic carbocycles. The number of nitrogens with one attached hydrogen (secondary N) is 3. The first-order valence-electron chi connectivity index (χ1n) is 10.1. The molecule has 0 fully saturated rings. The lowest BCUT2D eigenvalue weighted by molar-refractivity contribution is 0.102. The SMILES string of the molecule is Cc1ccc(Nc2nc(C)cc(Nc3ccc(NC(=O)c4ccc(Cl)cc4)cc3)n2)cc1. The zero-order valence-electron chi connectivity index (χ0n) is 17.7. The van der Waals surface area contributed by atoms with E-state index >= 15 is 0 Å². The molecular formula is C25H22ClN5O. The number of aromatic nitrogens is 2. The van der Waals surface area contributed by atoms with Crippen LogP contribution in [-0.2, 0) is 0 Å². The summed E-state index contributed by atoms with van der Waals surface area (Å²) >= 11 is 5.87. The molecule has 0 unspecified atom stereocenters. The second-order valence-corrected chi connectivity index (χ2v) is 7.81. The van der Waals surface area contributed by atoms with Crippen molar-refractivity contribution in [1.29, 1.82) is 0 Å². The van der Waals surface area contributed by atoms with Crippen LogP contribution in [0.2, 0.25) is 5.02 Å². The minimum absolute atomic E-state index is 0.194. The first-order chi connectivity index (χ1) is 15.4. The number of aryl methyl sites for hydroxylation is 2. The molecule has 0 bridgehead atoms. The molecule has 0 saturated carbocycles. The van der Waals surface area contributed by atoms with E-state index in [0.717, 1.165) is 17.1 Å². The van der Waals surface area contributed by atoms with Gasteiger partial charge < -0.3 is 16.0 Å². The quantitative estimate of drug-likeness (QED) is 0.317. The van der Waals surface area contributed by atoms with Crippen LogP contribution >= 0.6 is 11.6 Å². The molecule has 32 heavy (non-hydrogen) atoms. The lowest BCUT2D eigenvalue weighted by Crippen LogP contribution is -2.11. The predicted molar refractivity (Wildman–Crippen MR) is 130 cm³/mol. The largest absolute Gasteiger partial charge is 0.340 e. The average molecular weight is 444 g/mol. The van der Waals surface area contributed by atoms with Crippen LogP contribution in [-0.4, -0.2) is 15.9 Å². The Labute approximate surface area is 191 Å². The Morgan fingerprint density at radius 3 is 2.03 bits per heavy atom. The van der Waals surface area contributed by atoms with Crippen molar-refractivity contribution in [2.24, 2.45) is 0 Å². The monoisotopic (exact) mass is 443 g/mol. The van der Waals surface area contributed by atoms with Gasteiger partial charge in [-0.2, -0.15) is 4.98 Å². The fraction of sp³-hybridized carbons (Fsp3) is 0.0800.